The fourth-order valence-corrected chi connectivity index (χ4v) is 6.34. The third kappa shape index (κ3) is 4.53. The van der Waals surface area contributed by atoms with Crippen LogP contribution in [-0.4, -0.2) is 50.6 Å². The van der Waals surface area contributed by atoms with E-state index in [1.807, 2.05) is 18.2 Å². The first-order valence-corrected chi connectivity index (χ1v) is 12.4. The van der Waals surface area contributed by atoms with Crippen LogP contribution in [0, 0.1) is 10.1 Å². The van der Waals surface area contributed by atoms with Gasteiger partial charge in [0.25, 0.3) is 5.69 Å². The van der Waals surface area contributed by atoms with Crippen molar-refractivity contribution in [1.29, 1.82) is 0 Å². The number of methoxy groups -OCH3 is 2. The number of benzene rings is 2. The molecule has 8 nitrogen and oxygen atoms in total. The van der Waals surface area contributed by atoms with Crippen LogP contribution in [0.2, 0.25) is 0 Å². The third-order valence-electron chi connectivity index (χ3n) is 6.79. The van der Waals surface area contributed by atoms with Crippen LogP contribution in [0.4, 0.5) is 5.69 Å². The summed E-state index contributed by atoms with van der Waals surface area (Å²) in [6, 6.07) is 11.4. The maximum atomic E-state index is 13.6. The minimum Gasteiger partial charge on any atom is -0.497 e. The zero-order chi connectivity index (χ0) is 23.6. The third-order valence-corrected chi connectivity index (χ3v) is 8.73. The Morgan fingerprint density at radius 2 is 1.85 bits per heavy atom. The molecule has 9 heteroatoms. The summed E-state index contributed by atoms with van der Waals surface area (Å²) in [5.74, 6) is 0.708. The van der Waals surface area contributed by atoms with Gasteiger partial charge >= 0.3 is 0 Å². The molecule has 2 heterocycles. The van der Waals surface area contributed by atoms with E-state index in [1.54, 1.807) is 14.2 Å². The number of allylic oxidation sites excluding steroid dienone is 1. The van der Waals surface area contributed by atoms with E-state index in [-0.39, 0.29) is 18.0 Å². The standard InChI is InChI=1S/C24H28N2O6S/c1-31-20-7-8-21-18-9-12-24(32-2,13-10-18)14-16-25(15-11-19(21)17-20)33(29,30)23-6-4-3-5-22(23)26(27)28/h3-9,17H,10-16H2,1-2H3. The minimum absolute atomic E-state index is 0.196. The van der Waals surface area contributed by atoms with Crippen molar-refractivity contribution < 1.29 is 22.8 Å². The quantitative estimate of drug-likeness (QED) is 0.478. The van der Waals surface area contributed by atoms with E-state index in [4.69, 9.17) is 9.47 Å². The van der Waals surface area contributed by atoms with Crippen molar-refractivity contribution in [2.24, 2.45) is 0 Å². The van der Waals surface area contributed by atoms with Crippen LogP contribution in [0.3, 0.4) is 0 Å². The number of nitro groups is 1. The number of hydrogen-bond donors (Lipinski definition) is 0. The van der Waals surface area contributed by atoms with Gasteiger partial charge in [0.2, 0.25) is 10.0 Å². The average molecular weight is 473 g/mol. The highest BCUT2D eigenvalue weighted by Gasteiger charge is 2.37. The van der Waals surface area contributed by atoms with Crippen LogP contribution in [0.15, 0.2) is 53.4 Å². The predicted octanol–water partition coefficient (Wildman–Crippen LogP) is 4.19. The number of fused-ring (bicyclic) bond motifs is 6. The second-order valence-electron chi connectivity index (χ2n) is 8.47. The average Bonchev–Trinajstić information content (AvgIpc) is 2.88. The fraction of sp³-hybridized carbons (Fsp3) is 0.417. The molecule has 0 fully saturated rings. The zero-order valence-corrected chi connectivity index (χ0v) is 19.6. The number of nitrogens with zero attached hydrogens (tertiary/aromatic N) is 2. The smallest absolute Gasteiger partial charge is 0.289 e. The Kier molecular flexibility index (Phi) is 6.56. The van der Waals surface area contributed by atoms with Gasteiger partial charge in [0.05, 0.1) is 17.6 Å². The molecule has 2 aromatic rings. The second kappa shape index (κ2) is 9.24. The van der Waals surface area contributed by atoms with Gasteiger partial charge in [-0.1, -0.05) is 24.3 Å². The molecule has 1 atom stereocenters. The van der Waals surface area contributed by atoms with Crippen molar-refractivity contribution in [1.82, 2.24) is 4.31 Å². The summed E-state index contributed by atoms with van der Waals surface area (Å²) in [6.45, 7) is 0.409. The Bertz CT molecular complexity index is 1190. The highest BCUT2D eigenvalue weighted by atomic mass is 32.2. The van der Waals surface area contributed by atoms with E-state index in [2.05, 4.69) is 6.08 Å². The SMILES string of the molecule is COc1ccc2c(c1)CCN(S(=O)(=O)c1ccccc1[N+](=O)[O-])CCC1(OC)CC=C2CC1. The normalized spacial score (nSPS) is 21.6. The van der Waals surface area contributed by atoms with Gasteiger partial charge in [0.15, 0.2) is 4.90 Å². The Labute approximate surface area is 194 Å². The molecule has 0 radical (unpaired) electrons. The summed E-state index contributed by atoms with van der Waals surface area (Å²) in [5.41, 5.74) is 2.44. The molecule has 0 saturated carbocycles. The maximum absolute atomic E-state index is 13.6. The summed E-state index contributed by atoms with van der Waals surface area (Å²) in [5, 5.41) is 11.5. The number of ether oxygens (including phenoxy) is 2. The lowest BCUT2D eigenvalue weighted by atomic mass is 9.80. The summed E-state index contributed by atoms with van der Waals surface area (Å²) in [6.07, 6.45) is 5.47. The Hall–Kier alpha value is -2.75. The Morgan fingerprint density at radius 1 is 1.06 bits per heavy atom. The molecule has 1 aliphatic carbocycles. The monoisotopic (exact) mass is 472 g/mol. The van der Waals surface area contributed by atoms with Crippen molar-refractivity contribution in [3.05, 3.63) is 69.8 Å². The van der Waals surface area contributed by atoms with Gasteiger partial charge in [-0.15, -0.1) is 0 Å². The maximum Gasteiger partial charge on any atom is 0.289 e. The van der Waals surface area contributed by atoms with Crippen LogP contribution in [0.5, 0.6) is 5.75 Å². The molecule has 0 aromatic heterocycles. The van der Waals surface area contributed by atoms with E-state index in [0.29, 0.717) is 25.0 Å². The molecule has 0 N–H and O–H groups in total. The lowest BCUT2D eigenvalue weighted by Gasteiger charge is -2.36. The Balaban J connectivity index is 1.78. The second-order valence-corrected chi connectivity index (χ2v) is 10.4. The van der Waals surface area contributed by atoms with Gasteiger partial charge in [0, 0.05) is 26.3 Å². The molecule has 176 valence electrons. The van der Waals surface area contributed by atoms with Crippen LogP contribution in [0.25, 0.3) is 5.57 Å². The molecule has 0 amide bonds. The van der Waals surface area contributed by atoms with Crippen molar-refractivity contribution >= 4 is 21.3 Å². The number of rotatable bonds is 5. The van der Waals surface area contributed by atoms with Crippen LogP contribution < -0.4 is 4.74 Å². The van der Waals surface area contributed by atoms with Gasteiger partial charge in [-0.05, 0) is 67.0 Å². The van der Waals surface area contributed by atoms with Crippen molar-refractivity contribution in [3.8, 4) is 5.75 Å². The Morgan fingerprint density at radius 3 is 2.52 bits per heavy atom. The van der Waals surface area contributed by atoms with E-state index in [9.17, 15) is 18.5 Å². The molecular weight excluding hydrogens is 444 g/mol. The largest absolute Gasteiger partial charge is 0.497 e. The van der Waals surface area contributed by atoms with Gasteiger partial charge in [-0.25, -0.2) is 8.42 Å². The van der Waals surface area contributed by atoms with E-state index in [0.717, 1.165) is 24.0 Å². The lowest BCUT2D eigenvalue weighted by Crippen LogP contribution is -2.40. The van der Waals surface area contributed by atoms with Gasteiger partial charge < -0.3 is 9.47 Å². The molecule has 0 saturated heterocycles. The number of nitro benzene ring substituents is 1. The van der Waals surface area contributed by atoms with Gasteiger partial charge in [-0.3, -0.25) is 10.1 Å². The van der Waals surface area contributed by atoms with Crippen LogP contribution >= 0.6 is 0 Å². The molecule has 1 unspecified atom stereocenters. The van der Waals surface area contributed by atoms with Crippen molar-refractivity contribution in [2.45, 2.75) is 42.6 Å². The number of hydrogen-bond acceptors (Lipinski definition) is 6. The molecule has 2 aliphatic heterocycles. The van der Waals surface area contributed by atoms with Crippen LogP contribution in [-0.2, 0) is 21.2 Å². The highest BCUT2D eigenvalue weighted by molar-refractivity contribution is 7.89. The van der Waals surface area contributed by atoms with E-state index in [1.165, 1.54) is 34.1 Å². The molecule has 33 heavy (non-hydrogen) atoms. The van der Waals surface area contributed by atoms with E-state index >= 15 is 0 Å². The van der Waals surface area contributed by atoms with Crippen molar-refractivity contribution in [3.63, 3.8) is 0 Å². The highest BCUT2D eigenvalue weighted by Crippen LogP contribution is 2.40. The summed E-state index contributed by atoms with van der Waals surface area (Å²) < 4.78 is 39.9. The first kappa shape index (κ1) is 23.4. The molecule has 5 rings (SSSR count). The van der Waals surface area contributed by atoms with Gasteiger partial charge in [0.1, 0.15) is 5.75 Å². The molecule has 0 spiro atoms. The first-order valence-electron chi connectivity index (χ1n) is 10.9. The summed E-state index contributed by atoms with van der Waals surface area (Å²) in [4.78, 5) is 10.6. The number of sulfonamides is 1. The molecule has 3 aliphatic rings. The molecule has 2 bridgehead atoms. The fourth-order valence-electron chi connectivity index (χ4n) is 4.74. The zero-order valence-electron chi connectivity index (χ0n) is 18.8. The summed E-state index contributed by atoms with van der Waals surface area (Å²) >= 11 is 0. The first-order chi connectivity index (χ1) is 15.8. The number of para-hydroxylation sites is 1. The topological polar surface area (TPSA) is 99.0 Å². The van der Waals surface area contributed by atoms with E-state index < -0.39 is 26.2 Å². The van der Waals surface area contributed by atoms with Crippen molar-refractivity contribution in [2.75, 3.05) is 27.3 Å². The van der Waals surface area contributed by atoms with Crippen LogP contribution in [0.1, 0.15) is 36.8 Å². The minimum atomic E-state index is -4.10. The molecule has 2 aromatic carbocycles. The summed E-state index contributed by atoms with van der Waals surface area (Å²) in [7, 11) is -0.834. The lowest BCUT2D eigenvalue weighted by molar-refractivity contribution is -0.387. The van der Waals surface area contributed by atoms with Gasteiger partial charge in [-0.2, -0.15) is 4.31 Å². The predicted molar refractivity (Wildman–Crippen MR) is 125 cm³/mol. The molecular formula is C24H28N2O6S.